The van der Waals surface area contributed by atoms with Crippen molar-refractivity contribution < 1.29 is 28.6 Å². The minimum Gasteiger partial charge on any atom is -0.425 e. The molecule has 29 heavy (non-hydrogen) atoms. The summed E-state index contributed by atoms with van der Waals surface area (Å²) >= 11 is 5.79. The molecule has 8 heteroatoms. The number of carbonyl (C=O) groups is 3. The lowest BCUT2D eigenvalue weighted by Gasteiger charge is -2.20. The molecule has 2 aromatic carbocycles. The largest absolute Gasteiger partial charge is 0.425 e. The van der Waals surface area contributed by atoms with E-state index in [4.69, 9.17) is 25.8 Å². The molecule has 0 fully saturated rings. The maximum Gasteiger partial charge on any atom is 0.410 e. The van der Waals surface area contributed by atoms with Gasteiger partial charge in [0.15, 0.2) is 0 Å². The number of carbonyl (C=O) groups excluding carboxylic acids is 3. The SMILES string of the molecule is CCC(OC(=O)NC(CC)C(=O)Oc1ccc(Cl)cc1)OC(=O)c1ccccc1. The van der Waals surface area contributed by atoms with Crippen molar-refractivity contribution >= 4 is 29.6 Å². The first-order chi connectivity index (χ1) is 13.9. The van der Waals surface area contributed by atoms with Crippen molar-refractivity contribution in [2.75, 3.05) is 0 Å². The molecule has 0 aliphatic heterocycles. The molecule has 7 nitrogen and oxygen atoms in total. The monoisotopic (exact) mass is 419 g/mol. The first-order valence-corrected chi connectivity index (χ1v) is 9.51. The zero-order valence-corrected chi connectivity index (χ0v) is 16.8. The number of amides is 1. The summed E-state index contributed by atoms with van der Waals surface area (Å²) in [6.45, 7) is 3.41. The molecular formula is C21H22ClNO6. The van der Waals surface area contributed by atoms with Crippen LogP contribution in [0, 0.1) is 0 Å². The second-order valence-electron chi connectivity index (χ2n) is 5.99. The van der Waals surface area contributed by atoms with E-state index in [1.165, 1.54) is 0 Å². The van der Waals surface area contributed by atoms with Gasteiger partial charge in [-0.1, -0.05) is 43.6 Å². The number of alkyl carbamates (subject to hydrolysis) is 1. The average Bonchev–Trinajstić information content (AvgIpc) is 2.73. The predicted octanol–water partition coefficient (Wildman–Crippen LogP) is 4.34. The molecule has 2 unspecified atom stereocenters. The summed E-state index contributed by atoms with van der Waals surface area (Å²) in [4.78, 5) is 36.5. The van der Waals surface area contributed by atoms with Gasteiger partial charge < -0.3 is 19.5 Å². The van der Waals surface area contributed by atoms with Crippen molar-refractivity contribution in [3.8, 4) is 5.75 Å². The Morgan fingerprint density at radius 3 is 2.17 bits per heavy atom. The van der Waals surface area contributed by atoms with Crippen LogP contribution in [0.15, 0.2) is 54.6 Å². The van der Waals surface area contributed by atoms with E-state index in [9.17, 15) is 14.4 Å². The molecule has 1 amide bonds. The smallest absolute Gasteiger partial charge is 0.410 e. The van der Waals surface area contributed by atoms with Crippen LogP contribution in [-0.4, -0.2) is 30.4 Å². The Kier molecular flexibility index (Phi) is 8.48. The van der Waals surface area contributed by atoms with Crippen LogP contribution in [0.5, 0.6) is 5.75 Å². The quantitative estimate of drug-likeness (QED) is 0.388. The molecule has 0 aromatic heterocycles. The molecule has 0 spiro atoms. The molecule has 0 radical (unpaired) electrons. The van der Waals surface area contributed by atoms with Gasteiger partial charge in [0.1, 0.15) is 11.8 Å². The Morgan fingerprint density at radius 2 is 1.59 bits per heavy atom. The Balaban J connectivity index is 1.89. The topological polar surface area (TPSA) is 90.9 Å². The Morgan fingerprint density at radius 1 is 0.931 bits per heavy atom. The van der Waals surface area contributed by atoms with Gasteiger partial charge in [0.25, 0.3) is 0 Å². The first kappa shape index (κ1) is 22.2. The van der Waals surface area contributed by atoms with Gasteiger partial charge in [-0.2, -0.15) is 0 Å². The third kappa shape index (κ3) is 7.12. The molecule has 0 aliphatic rings. The van der Waals surface area contributed by atoms with E-state index >= 15 is 0 Å². The molecule has 1 N–H and O–H groups in total. The van der Waals surface area contributed by atoms with Gasteiger partial charge in [-0.05, 0) is 42.8 Å². The van der Waals surface area contributed by atoms with Gasteiger partial charge in [0.2, 0.25) is 6.29 Å². The van der Waals surface area contributed by atoms with Crippen molar-refractivity contribution in [2.45, 2.75) is 39.0 Å². The zero-order valence-electron chi connectivity index (χ0n) is 16.1. The highest BCUT2D eigenvalue weighted by Crippen LogP contribution is 2.16. The molecule has 0 heterocycles. The van der Waals surface area contributed by atoms with Gasteiger partial charge in [-0.3, -0.25) is 0 Å². The summed E-state index contributed by atoms with van der Waals surface area (Å²) in [5.41, 5.74) is 0.341. The van der Waals surface area contributed by atoms with E-state index in [0.717, 1.165) is 0 Å². The summed E-state index contributed by atoms with van der Waals surface area (Å²) in [6.07, 6.45) is -1.45. The van der Waals surface area contributed by atoms with E-state index in [1.54, 1.807) is 68.4 Å². The standard InChI is InChI=1S/C21H22ClNO6/c1-3-17(20(25)27-16-12-10-15(22)11-13-16)23-21(26)29-18(4-2)28-19(24)14-8-6-5-7-9-14/h5-13,17-18H,3-4H2,1-2H3,(H,23,26). The fraction of sp³-hybridized carbons (Fsp3) is 0.286. The van der Waals surface area contributed by atoms with Gasteiger partial charge in [-0.15, -0.1) is 0 Å². The number of benzene rings is 2. The van der Waals surface area contributed by atoms with Gasteiger partial charge in [0.05, 0.1) is 5.56 Å². The molecule has 154 valence electrons. The minimum atomic E-state index is -1.09. The molecule has 0 saturated carbocycles. The molecule has 0 aliphatic carbocycles. The molecule has 2 rings (SSSR count). The fourth-order valence-electron chi connectivity index (χ4n) is 2.27. The maximum atomic E-state index is 12.3. The lowest BCUT2D eigenvalue weighted by Crippen LogP contribution is -2.44. The van der Waals surface area contributed by atoms with Crippen LogP contribution in [0.3, 0.4) is 0 Å². The second-order valence-corrected chi connectivity index (χ2v) is 6.43. The summed E-state index contributed by atoms with van der Waals surface area (Å²) in [7, 11) is 0. The first-order valence-electron chi connectivity index (χ1n) is 9.13. The van der Waals surface area contributed by atoms with Crippen LogP contribution in [0.2, 0.25) is 5.02 Å². The third-order valence-electron chi connectivity index (χ3n) is 3.84. The number of esters is 2. The maximum absolute atomic E-state index is 12.3. The van der Waals surface area contributed by atoms with E-state index in [1.807, 2.05) is 0 Å². The van der Waals surface area contributed by atoms with Crippen molar-refractivity contribution in [3.63, 3.8) is 0 Å². The highest BCUT2D eigenvalue weighted by molar-refractivity contribution is 6.30. The molecule has 2 atom stereocenters. The second kappa shape index (κ2) is 11.1. The summed E-state index contributed by atoms with van der Waals surface area (Å²) in [5.74, 6) is -0.961. The van der Waals surface area contributed by atoms with Crippen LogP contribution in [0.1, 0.15) is 37.0 Å². The van der Waals surface area contributed by atoms with E-state index in [0.29, 0.717) is 16.3 Å². The Bertz CT molecular complexity index is 825. The Hall–Kier alpha value is -3.06. The average molecular weight is 420 g/mol. The van der Waals surface area contributed by atoms with E-state index in [-0.39, 0.29) is 12.8 Å². The zero-order chi connectivity index (χ0) is 21.2. The van der Waals surface area contributed by atoms with E-state index in [2.05, 4.69) is 5.32 Å². The fourth-order valence-corrected chi connectivity index (χ4v) is 2.39. The number of halogens is 1. The van der Waals surface area contributed by atoms with Gasteiger partial charge in [0, 0.05) is 11.4 Å². The third-order valence-corrected chi connectivity index (χ3v) is 4.09. The molecule has 0 bridgehead atoms. The van der Waals surface area contributed by atoms with Crippen LogP contribution >= 0.6 is 11.6 Å². The van der Waals surface area contributed by atoms with Crippen molar-refractivity contribution in [1.29, 1.82) is 0 Å². The van der Waals surface area contributed by atoms with Crippen LogP contribution in [0.4, 0.5) is 4.79 Å². The number of hydrogen-bond acceptors (Lipinski definition) is 6. The van der Waals surface area contributed by atoms with Crippen molar-refractivity contribution in [1.82, 2.24) is 5.32 Å². The van der Waals surface area contributed by atoms with Crippen LogP contribution in [-0.2, 0) is 14.3 Å². The number of rotatable bonds is 8. The molecule has 0 saturated heterocycles. The molecular weight excluding hydrogens is 398 g/mol. The highest BCUT2D eigenvalue weighted by Gasteiger charge is 2.24. The lowest BCUT2D eigenvalue weighted by atomic mass is 10.2. The summed E-state index contributed by atoms with van der Waals surface area (Å²) in [6, 6.07) is 13.7. The van der Waals surface area contributed by atoms with Crippen LogP contribution < -0.4 is 10.1 Å². The highest BCUT2D eigenvalue weighted by atomic mass is 35.5. The lowest BCUT2D eigenvalue weighted by molar-refractivity contribution is -0.137. The number of hydrogen-bond donors (Lipinski definition) is 1. The minimum absolute atomic E-state index is 0.248. The van der Waals surface area contributed by atoms with Crippen LogP contribution in [0.25, 0.3) is 0 Å². The van der Waals surface area contributed by atoms with Gasteiger partial charge >= 0.3 is 18.0 Å². The summed E-state index contributed by atoms with van der Waals surface area (Å²) < 4.78 is 15.5. The van der Waals surface area contributed by atoms with Gasteiger partial charge in [-0.25, -0.2) is 14.4 Å². The summed E-state index contributed by atoms with van der Waals surface area (Å²) in [5, 5.41) is 2.93. The normalized spacial score (nSPS) is 12.4. The van der Waals surface area contributed by atoms with Crippen molar-refractivity contribution in [3.05, 3.63) is 65.2 Å². The number of nitrogens with one attached hydrogen (secondary N) is 1. The number of ether oxygens (including phenoxy) is 3. The van der Waals surface area contributed by atoms with E-state index < -0.39 is 30.4 Å². The predicted molar refractivity (Wildman–Crippen MR) is 107 cm³/mol. The van der Waals surface area contributed by atoms with Crippen molar-refractivity contribution in [2.24, 2.45) is 0 Å². The Labute approximate surface area is 173 Å². The molecule has 2 aromatic rings.